The van der Waals surface area contributed by atoms with Gasteiger partial charge in [-0.05, 0) is 151 Å². The molecular weight excluding hydrogens is 1060 g/mol. The lowest BCUT2D eigenvalue weighted by Crippen LogP contribution is -2.28. The molecule has 1 aliphatic rings. The molecule has 0 N–H and O–H groups in total. The highest BCUT2D eigenvalue weighted by Gasteiger charge is 2.46. The zero-order valence-corrected chi connectivity index (χ0v) is 47.2. The zero-order valence-electron chi connectivity index (χ0n) is 47.2. The summed E-state index contributed by atoms with van der Waals surface area (Å²) in [5, 5.41) is 4.31. The van der Waals surface area contributed by atoms with Crippen molar-refractivity contribution in [3.05, 3.63) is 338 Å². The van der Waals surface area contributed by atoms with Crippen LogP contribution in [0.5, 0.6) is 0 Å². The Morgan fingerprint density at radius 1 is 0.264 bits per heavy atom. The van der Waals surface area contributed by atoms with Crippen LogP contribution in [0.4, 0.5) is 0 Å². The average Bonchev–Trinajstić information content (AvgIpc) is 1.61. The Bertz CT molecular complexity index is 5230. The highest BCUT2D eigenvalue weighted by Crippen LogP contribution is 2.57. The Morgan fingerprint density at radius 3 is 1.45 bits per heavy atom. The van der Waals surface area contributed by atoms with E-state index in [4.69, 9.17) is 19.4 Å². The minimum absolute atomic E-state index is 0.469. The molecule has 0 spiro atoms. The normalized spacial score (nSPS) is 12.5. The van der Waals surface area contributed by atoms with Crippen LogP contribution in [0.1, 0.15) is 22.3 Å². The predicted molar refractivity (Wildman–Crippen MR) is 357 cm³/mol. The minimum Gasteiger partial charge on any atom is -0.456 e. The Balaban J connectivity index is 0.779. The Kier molecular flexibility index (Phi) is 11.7. The molecule has 3 aromatic heterocycles. The summed E-state index contributed by atoms with van der Waals surface area (Å²) < 4.78 is 9.15. The fourth-order valence-corrected chi connectivity index (χ4v) is 13.8. The van der Waals surface area contributed by atoms with Crippen LogP contribution in [0.2, 0.25) is 0 Å². The summed E-state index contributed by atoms with van der Waals surface area (Å²) in [6.07, 6.45) is 0. The van der Waals surface area contributed by atoms with Crippen molar-refractivity contribution in [1.29, 1.82) is 0 Å². The van der Waals surface area contributed by atoms with E-state index in [-0.39, 0.29) is 0 Å². The zero-order chi connectivity index (χ0) is 57.4. The number of aromatic nitrogens is 4. The highest BCUT2D eigenvalue weighted by atomic mass is 16.3. The van der Waals surface area contributed by atoms with Gasteiger partial charge >= 0.3 is 0 Å². The standard InChI is InChI=1S/C82H52N4O/c1-6-22-53(23-7-1)60-47-61(54-24-8-2-9-25-54)49-62(48-60)56-28-20-29-59(46-56)80-83-79(55-26-10-3-11-27-55)84-81(85-80)68-36-21-39-77-78(68)71-51-58(41-45-76(71)87-77)57-40-44-75-70(50-57)67-35-17-19-38-74(67)86(75)65-42-43-73-69(52-65)66-34-16-18-37-72(66)82(73,63-30-12-4-13-31-63)64-32-14-5-15-33-64/h1-52H. The van der Waals surface area contributed by atoms with Crippen molar-refractivity contribution in [2.45, 2.75) is 5.41 Å². The van der Waals surface area contributed by atoms with E-state index in [9.17, 15) is 0 Å². The van der Waals surface area contributed by atoms with Crippen LogP contribution < -0.4 is 0 Å². The molecular formula is C82H52N4O. The Labute approximate surface area is 503 Å². The van der Waals surface area contributed by atoms with Gasteiger partial charge in [-0.1, -0.05) is 243 Å². The number of benzene rings is 13. The molecule has 0 aliphatic heterocycles. The molecule has 406 valence electrons. The summed E-state index contributed by atoms with van der Waals surface area (Å²) in [4.78, 5) is 15.9. The van der Waals surface area contributed by atoms with E-state index in [2.05, 4.69) is 290 Å². The fourth-order valence-electron chi connectivity index (χ4n) is 13.8. The molecule has 5 nitrogen and oxygen atoms in total. The fraction of sp³-hybridized carbons (Fsp3) is 0.0122. The van der Waals surface area contributed by atoms with E-state index >= 15 is 0 Å². The average molecular weight is 1110 g/mol. The second kappa shape index (κ2) is 20.4. The molecule has 17 rings (SSSR count). The van der Waals surface area contributed by atoms with Crippen LogP contribution >= 0.6 is 0 Å². The molecule has 0 saturated heterocycles. The topological polar surface area (TPSA) is 56.7 Å². The van der Waals surface area contributed by atoms with Crippen LogP contribution in [0.15, 0.2) is 320 Å². The molecule has 0 amide bonds. The van der Waals surface area contributed by atoms with E-state index in [1.54, 1.807) is 0 Å². The molecule has 16 aromatic rings. The third-order valence-corrected chi connectivity index (χ3v) is 17.7. The molecule has 0 atom stereocenters. The molecule has 0 saturated carbocycles. The van der Waals surface area contributed by atoms with Crippen LogP contribution in [0, 0.1) is 0 Å². The number of rotatable bonds is 10. The van der Waals surface area contributed by atoms with Crippen LogP contribution in [0.25, 0.3) is 139 Å². The summed E-state index contributed by atoms with van der Waals surface area (Å²) >= 11 is 0. The molecule has 0 radical (unpaired) electrons. The second-order valence-electron chi connectivity index (χ2n) is 22.6. The van der Waals surface area contributed by atoms with Gasteiger partial charge in [0.25, 0.3) is 0 Å². The molecule has 0 bridgehead atoms. The molecule has 0 unspecified atom stereocenters. The van der Waals surface area contributed by atoms with Crippen molar-refractivity contribution in [3.8, 4) is 95.5 Å². The Hall–Kier alpha value is -11.5. The second-order valence-corrected chi connectivity index (χ2v) is 22.6. The van der Waals surface area contributed by atoms with Crippen molar-refractivity contribution >= 4 is 43.7 Å². The van der Waals surface area contributed by atoms with Crippen molar-refractivity contribution in [2.75, 3.05) is 0 Å². The quantitative estimate of drug-likeness (QED) is 0.137. The summed E-state index contributed by atoms with van der Waals surface area (Å²) in [5.41, 5.74) is 23.7. The first-order valence-electron chi connectivity index (χ1n) is 29.6. The van der Waals surface area contributed by atoms with Gasteiger partial charge < -0.3 is 8.98 Å². The lowest BCUT2D eigenvalue weighted by Gasteiger charge is -2.33. The lowest BCUT2D eigenvalue weighted by molar-refractivity contribution is 0.669. The van der Waals surface area contributed by atoms with Gasteiger partial charge in [0.05, 0.1) is 16.4 Å². The van der Waals surface area contributed by atoms with Gasteiger partial charge in [-0.25, -0.2) is 15.0 Å². The summed E-state index contributed by atoms with van der Waals surface area (Å²) in [7, 11) is 0. The maximum atomic E-state index is 6.71. The maximum absolute atomic E-state index is 6.71. The van der Waals surface area contributed by atoms with Gasteiger partial charge in [-0.2, -0.15) is 0 Å². The largest absolute Gasteiger partial charge is 0.456 e. The molecule has 3 heterocycles. The van der Waals surface area contributed by atoms with Gasteiger partial charge in [0, 0.05) is 43.9 Å². The molecule has 0 fully saturated rings. The van der Waals surface area contributed by atoms with Crippen LogP contribution in [-0.4, -0.2) is 19.5 Å². The number of hydrogen-bond donors (Lipinski definition) is 0. The van der Waals surface area contributed by atoms with E-state index < -0.39 is 5.41 Å². The van der Waals surface area contributed by atoms with Crippen LogP contribution in [-0.2, 0) is 5.41 Å². The smallest absolute Gasteiger partial charge is 0.164 e. The summed E-state index contributed by atoms with van der Waals surface area (Å²) in [6.45, 7) is 0. The van der Waals surface area contributed by atoms with Crippen molar-refractivity contribution < 1.29 is 4.42 Å². The summed E-state index contributed by atoms with van der Waals surface area (Å²) in [6, 6.07) is 113. The van der Waals surface area contributed by atoms with E-state index in [1.807, 2.05) is 30.3 Å². The number of nitrogens with zero attached hydrogens (tertiary/aromatic N) is 4. The molecule has 1 aliphatic carbocycles. The summed E-state index contributed by atoms with van der Waals surface area (Å²) in [5.74, 6) is 1.74. The van der Waals surface area contributed by atoms with Crippen molar-refractivity contribution in [1.82, 2.24) is 19.5 Å². The van der Waals surface area contributed by atoms with Crippen molar-refractivity contribution in [2.24, 2.45) is 0 Å². The van der Waals surface area contributed by atoms with Gasteiger partial charge in [-0.15, -0.1) is 0 Å². The molecule has 13 aromatic carbocycles. The number of para-hydroxylation sites is 1. The first-order chi connectivity index (χ1) is 43.1. The van der Waals surface area contributed by atoms with E-state index in [0.717, 1.165) is 99.9 Å². The monoisotopic (exact) mass is 1110 g/mol. The van der Waals surface area contributed by atoms with Gasteiger partial charge in [0.2, 0.25) is 0 Å². The predicted octanol–water partition coefficient (Wildman–Crippen LogP) is 20.9. The SMILES string of the molecule is c1ccc(-c2cc(-c3ccccc3)cc(-c3cccc(-c4nc(-c5ccccc5)nc(-c5cccc6oc7ccc(-c8ccc9c(c8)c8ccccc8n9-c8ccc9c(c8)-c8ccccc8C9(c8ccccc8)c8ccccc8)cc7c56)n4)c3)c2)cc1. The van der Waals surface area contributed by atoms with Crippen molar-refractivity contribution in [3.63, 3.8) is 0 Å². The third kappa shape index (κ3) is 8.27. The number of fused-ring (bicyclic) bond motifs is 9. The van der Waals surface area contributed by atoms with E-state index in [1.165, 1.54) is 44.2 Å². The van der Waals surface area contributed by atoms with Gasteiger partial charge in [0.1, 0.15) is 11.2 Å². The third-order valence-electron chi connectivity index (χ3n) is 17.7. The van der Waals surface area contributed by atoms with Gasteiger partial charge in [0.15, 0.2) is 17.5 Å². The first kappa shape index (κ1) is 50.0. The molecule has 87 heavy (non-hydrogen) atoms. The van der Waals surface area contributed by atoms with Crippen LogP contribution in [0.3, 0.4) is 0 Å². The maximum Gasteiger partial charge on any atom is 0.164 e. The van der Waals surface area contributed by atoms with Gasteiger partial charge in [-0.3, -0.25) is 0 Å². The minimum atomic E-state index is -0.469. The lowest BCUT2D eigenvalue weighted by atomic mass is 9.68. The Morgan fingerprint density at radius 2 is 0.747 bits per heavy atom. The number of hydrogen-bond acceptors (Lipinski definition) is 4. The highest BCUT2D eigenvalue weighted by molar-refractivity contribution is 6.14. The molecule has 5 heteroatoms. The number of furan rings is 1. The van der Waals surface area contributed by atoms with E-state index in [0.29, 0.717) is 17.5 Å². The first-order valence-corrected chi connectivity index (χ1v) is 29.6.